The molecule has 2 aromatic carbocycles. The van der Waals surface area contributed by atoms with Crippen LogP contribution in [0.2, 0.25) is 5.02 Å². The number of carboxylic acid groups (broad SMARTS) is 1. The Morgan fingerprint density at radius 3 is 2.85 bits per heavy atom. The molecule has 0 fully saturated rings. The van der Waals surface area contributed by atoms with Crippen LogP contribution < -0.4 is 9.47 Å². The summed E-state index contributed by atoms with van der Waals surface area (Å²) in [5, 5.41) is 9.71. The van der Waals surface area contributed by atoms with Gasteiger partial charge >= 0.3 is 5.97 Å². The maximum absolute atomic E-state index is 11.4. The van der Waals surface area contributed by atoms with E-state index in [9.17, 15) is 9.90 Å². The molecule has 1 aliphatic heterocycles. The van der Waals surface area contributed by atoms with Crippen molar-refractivity contribution in [3.63, 3.8) is 0 Å². The van der Waals surface area contributed by atoms with Crippen LogP contribution in [-0.2, 0) is 4.79 Å². The number of halogens is 1. The summed E-state index contributed by atoms with van der Waals surface area (Å²) in [5.41, 5.74) is 2.38. The number of carbonyl (C=O) groups is 1. The van der Waals surface area contributed by atoms with Crippen molar-refractivity contribution >= 4 is 40.3 Å². The van der Waals surface area contributed by atoms with Crippen molar-refractivity contribution in [3.05, 3.63) is 52.9 Å². The van der Waals surface area contributed by atoms with Gasteiger partial charge < -0.3 is 19.0 Å². The molecule has 1 aliphatic rings. The van der Waals surface area contributed by atoms with E-state index in [0.29, 0.717) is 52.0 Å². The number of para-hydroxylation sites is 2. The Labute approximate surface area is 160 Å². The molecular formula is C20H16ClNO5. The Hall–Kier alpha value is -2.99. The van der Waals surface area contributed by atoms with Crippen molar-refractivity contribution in [2.24, 2.45) is 0 Å². The van der Waals surface area contributed by atoms with E-state index in [0.717, 1.165) is 6.42 Å². The summed E-state index contributed by atoms with van der Waals surface area (Å²) < 4.78 is 17.1. The van der Waals surface area contributed by atoms with Crippen LogP contribution in [0.4, 0.5) is 0 Å². The molecule has 6 nitrogen and oxygen atoms in total. The average Bonchev–Trinajstić information content (AvgIpc) is 2.92. The highest BCUT2D eigenvalue weighted by Crippen LogP contribution is 2.39. The Bertz CT molecular complexity index is 1010. The average molecular weight is 386 g/mol. The van der Waals surface area contributed by atoms with Gasteiger partial charge in [-0.3, -0.25) is 4.79 Å². The zero-order valence-electron chi connectivity index (χ0n) is 14.3. The third kappa shape index (κ3) is 3.75. The van der Waals surface area contributed by atoms with Gasteiger partial charge in [0.25, 0.3) is 0 Å². The first-order valence-electron chi connectivity index (χ1n) is 8.47. The molecule has 4 rings (SSSR count). The molecule has 2 heterocycles. The van der Waals surface area contributed by atoms with Crippen molar-refractivity contribution in [1.82, 2.24) is 4.98 Å². The van der Waals surface area contributed by atoms with Gasteiger partial charge in [0.15, 0.2) is 17.1 Å². The molecule has 0 saturated heterocycles. The van der Waals surface area contributed by atoms with Crippen LogP contribution in [0.3, 0.4) is 0 Å². The first-order chi connectivity index (χ1) is 13.1. The maximum Gasteiger partial charge on any atom is 0.308 e. The second-order valence-corrected chi connectivity index (χ2v) is 6.51. The molecule has 27 heavy (non-hydrogen) atoms. The first-order valence-corrected chi connectivity index (χ1v) is 8.85. The molecule has 1 N–H and O–H groups in total. The maximum atomic E-state index is 11.4. The van der Waals surface area contributed by atoms with Crippen LogP contribution in [0, 0.1) is 0 Å². The molecule has 0 radical (unpaired) electrons. The Morgan fingerprint density at radius 2 is 2.04 bits per heavy atom. The smallest absolute Gasteiger partial charge is 0.308 e. The molecule has 0 atom stereocenters. The van der Waals surface area contributed by atoms with Gasteiger partial charge in [-0.15, -0.1) is 0 Å². The summed E-state index contributed by atoms with van der Waals surface area (Å²) >= 11 is 6.33. The molecule has 3 aromatic rings. The highest BCUT2D eigenvalue weighted by molar-refractivity contribution is 6.32. The van der Waals surface area contributed by atoms with E-state index in [1.807, 2.05) is 18.2 Å². The molecular weight excluding hydrogens is 370 g/mol. The normalized spacial score (nSPS) is 14.2. The fourth-order valence-electron chi connectivity index (χ4n) is 2.90. The van der Waals surface area contributed by atoms with E-state index in [2.05, 4.69) is 4.98 Å². The van der Waals surface area contributed by atoms with Crippen molar-refractivity contribution in [3.8, 4) is 11.5 Å². The number of fused-ring (bicyclic) bond motifs is 2. The van der Waals surface area contributed by atoms with Crippen LogP contribution in [0.25, 0.3) is 22.7 Å². The quantitative estimate of drug-likeness (QED) is 0.703. The van der Waals surface area contributed by atoms with Crippen molar-refractivity contribution in [2.45, 2.75) is 12.8 Å². The van der Waals surface area contributed by atoms with E-state index in [1.54, 1.807) is 24.3 Å². The number of hydrogen-bond donors (Lipinski definition) is 1. The van der Waals surface area contributed by atoms with E-state index >= 15 is 0 Å². The molecule has 0 saturated carbocycles. The molecule has 0 aliphatic carbocycles. The lowest BCUT2D eigenvalue weighted by Gasteiger charge is -2.10. The van der Waals surface area contributed by atoms with Gasteiger partial charge in [0, 0.05) is 12.0 Å². The number of rotatable bonds is 4. The van der Waals surface area contributed by atoms with Gasteiger partial charge in [-0.05, 0) is 35.9 Å². The van der Waals surface area contributed by atoms with Crippen LogP contribution in [0.5, 0.6) is 11.5 Å². The van der Waals surface area contributed by atoms with Gasteiger partial charge in [-0.25, -0.2) is 4.98 Å². The van der Waals surface area contributed by atoms with Gasteiger partial charge in [0.05, 0.1) is 24.7 Å². The third-order valence-electron chi connectivity index (χ3n) is 4.08. The summed E-state index contributed by atoms with van der Waals surface area (Å²) in [6, 6.07) is 10.8. The number of aliphatic carboxylic acids is 1. The number of nitrogens with zero attached hydrogens (tertiary/aromatic N) is 1. The SMILES string of the molecule is O=C(O)C/C(=C/c1cc(Cl)c2c(c1)OCCCO2)c1nc2ccccc2o1. The standard InChI is InChI=1S/C20H16ClNO5/c21-14-9-12(10-17-19(14)26-7-3-6-25-17)8-13(11-18(23)24)20-22-15-4-1-2-5-16(15)27-20/h1-2,4-5,8-10H,3,6-7,11H2,(H,23,24)/b13-8-. The molecule has 0 spiro atoms. The van der Waals surface area contributed by atoms with Gasteiger partial charge in [0.1, 0.15) is 5.52 Å². The minimum absolute atomic E-state index is 0.237. The summed E-state index contributed by atoms with van der Waals surface area (Å²) in [6.07, 6.45) is 2.22. The van der Waals surface area contributed by atoms with Gasteiger partial charge in [-0.2, -0.15) is 0 Å². The second-order valence-electron chi connectivity index (χ2n) is 6.11. The van der Waals surface area contributed by atoms with Gasteiger partial charge in [-0.1, -0.05) is 23.7 Å². The van der Waals surface area contributed by atoms with E-state index in [-0.39, 0.29) is 12.3 Å². The zero-order chi connectivity index (χ0) is 18.8. The number of carboxylic acids is 1. The van der Waals surface area contributed by atoms with Crippen molar-refractivity contribution in [1.29, 1.82) is 0 Å². The number of benzene rings is 2. The third-order valence-corrected chi connectivity index (χ3v) is 4.36. The predicted molar refractivity (Wildman–Crippen MR) is 101 cm³/mol. The lowest BCUT2D eigenvalue weighted by Crippen LogP contribution is -1.98. The number of ether oxygens (including phenoxy) is 2. The van der Waals surface area contributed by atoms with E-state index < -0.39 is 5.97 Å². The zero-order valence-corrected chi connectivity index (χ0v) is 15.0. The summed E-state index contributed by atoms with van der Waals surface area (Å²) in [5.74, 6) is 0.331. The van der Waals surface area contributed by atoms with Crippen molar-refractivity contribution in [2.75, 3.05) is 13.2 Å². The fraction of sp³-hybridized carbons (Fsp3) is 0.200. The monoisotopic (exact) mass is 385 g/mol. The Kier molecular flexibility index (Phi) is 4.73. The van der Waals surface area contributed by atoms with Crippen LogP contribution in [-0.4, -0.2) is 29.3 Å². The largest absolute Gasteiger partial charge is 0.489 e. The molecule has 0 unspecified atom stereocenters. The molecule has 0 amide bonds. The van der Waals surface area contributed by atoms with Crippen LogP contribution >= 0.6 is 11.6 Å². The topological polar surface area (TPSA) is 81.8 Å². The lowest BCUT2D eigenvalue weighted by atomic mass is 10.1. The highest BCUT2D eigenvalue weighted by Gasteiger charge is 2.18. The molecule has 7 heteroatoms. The predicted octanol–water partition coefficient (Wildman–Crippen LogP) is 4.66. The fourth-order valence-corrected chi connectivity index (χ4v) is 3.17. The summed E-state index contributed by atoms with van der Waals surface area (Å²) in [7, 11) is 0. The van der Waals surface area contributed by atoms with E-state index in [4.69, 9.17) is 25.5 Å². The number of aromatic nitrogens is 1. The summed E-state index contributed by atoms with van der Waals surface area (Å²) in [4.78, 5) is 15.8. The minimum Gasteiger partial charge on any atom is -0.489 e. The molecule has 0 bridgehead atoms. The van der Waals surface area contributed by atoms with Crippen LogP contribution in [0.15, 0.2) is 40.8 Å². The Balaban J connectivity index is 1.78. The number of oxazole rings is 1. The van der Waals surface area contributed by atoms with E-state index in [1.165, 1.54) is 0 Å². The summed E-state index contributed by atoms with van der Waals surface area (Å²) in [6.45, 7) is 1.07. The second kappa shape index (κ2) is 7.32. The number of hydrogen-bond acceptors (Lipinski definition) is 5. The Morgan fingerprint density at radius 1 is 1.22 bits per heavy atom. The molecule has 138 valence electrons. The van der Waals surface area contributed by atoms with Gasteiger partial charge in [0.2, 0.25) is 5.89 Å². The highest BCUT2D eigenvalue weighted by atomic mass is 35.5. The lowest BCUT2D eigenvalue weighted by molar-refractivity contribution is -0.135. The molecule has 1 aromatic heterocycles. The van der Waals surface area contributed by atoms with Crippen LogP contribution in [0.1, 0.15) is 24.3 Å². The van der Waals surface area contributed by atoms with Crippen molar-refractivity contribution < 1.29 is 23.8 Å². The first kappa shape index (κ1) is 17.4. The minimum atomic E-state index is -0.982.